The molecule has 1 unspecified atom stereocenters. The molecule has 3 amide bonds. The first-order valence-electron chi connectivity index (χ1n) is 5.83. The fourth-order valence-electron chi connectivity index (χ4n) is 1.84. The molecular formula is C12H18N2O3. The first-order valence-corrected chi connectivity index (χ1v) is 5.83. The smallest absolute Gasteiger partial charge is 0.249 e. The number of hydrogen-bond donors (Lipinski definition) is 1. The fourth-order valence-corrected chi connectivity index (χ4v) is 1.84. The summed E-state index contributed by atoms with van der Waals surface area (Å²) in [5, 5.41) is 2.25. The average molecular weight is 238 g/mol. The normalized spacial score (nSPS) is 19.8. The highest BCUT2D eigenvalue weighted by Crippen LogP contribution is 2.15. The summed E-state index contributed by atoms with van der Waals surface area (Å²) >= 11 is 0. The van der Waals surface area contributed by atoms with Gasteiger partial charge in [-0.2, -0.15) is 0 Å². The summed E-state index contributed by atoms with van der Waals surface area (Å²) in [6.07, 6.45) is 1.22. The molecule has 1 heterocycles. The lowest BCUT2D eigenvalue weighted by molar-refractivity contribution is -0.143. The molecule has 0 radical (unpaired) electrons. The van der Waals surface area contributed by atoms with Crippen molar-refractivity contribution in [1.29, 1.82) is 0 Å². The van der Waals surface area contributed by atoms with E-state index in [2.05, 4.69) is 11.9 Å². The van der Waals surface area contributed by atoms with Crippen LogP contribution in [0, 0.1) is 0 Å². The first kappa shape index (κ1) is 13.4. The van der Waals surface area contributed by atoms with Crippen LogP contribution in [0.2, 0.25) is 0 Å². The van der Waals surface area contributed by atoms with Gasteiger partial charge in [0.2, 0.25) is 17.7 Å². The zero-order valence-electron chi connectivity index (χ0n) is 10.3. The van der Waals surface area contributed by atoms with Gasteiger partial charge in [-0.05, 0) is 19.8 Å². The third-order valence-electron chi connectivity index (χ3n) is 2.92. The van der Waals surface area contributed by atoms with E-state index in [0.717, 1.165) is 0 Å². The number of amides is 3. The standard InChI is InChI=1S/C12H18N2O3/c1-4-8(3)12(17)14(5-2)9-6-7-10(15)13-11(9)16/h9H,3-7H2,1-2H3,(H,13,15,16). The molecule has 0 aromatic rings. The highest BCUT2D eigenvalue weighted by atomic mass is 16.2. The summed E-state index contributed by atoms with van der Waals surface area (Å²) in [5.74, 6) is -0.867. The molecule has 1 N–H and O–H groups in total. The summed E-state index contributed by atoms with van der Waals surface area (Å²) in [6, 6.07) is -0.548. The maximum atomic E-state index is 12.0. The molecule has 94 valence electrons. The number of nitrogens with zero attached hydrogens (tertiary/aromatic N) is 1. The van der Waals surface area contributed by atoms with Gasteiger partial charge in [-0.25, -0.2) is 0 Å². The quantitative estimate of drug-likeness (QED) is 0.576. The number of likely N-dealkylation sites (N-methyl/N-ethyl adjacent to an activating group) is 1. The van der Waals surface area contributed by atoms with Gasteiger partial charge in [0.1, 0.15) is 6.04 Å². The van der Waals surface area contributed by atoms with Crippen LogP contribution in [-0.4, -0.2) is 35.2 Å². The molecule has 0 spiro atoms. The summed E-state index contributed by atoms with van der Waals surface area (Å²) in [5.41, 5.74) is 0.483. The summed E-state index contributed by atoms with van der Waals surface area (Å²) in [6.45, 7) is 7.78. The van der Waals surface area contributed by atoms with Crippen LogP contribution in [0.5, 0.6) is 0 Å². The molecule has 0 bridgehead atoms. The van der Waals surface area contributed by atoms with Gasteiger partial charge in [0.25, 0.3) is 0 Å². The number of hydrogen-bond acceptors (Lipinski definition) is 3. The van der Waals surface area contributed by atoms with Crippen LogP contribution < -0.4 is 5.32 Å². The Morgan fingerprint density at radius 3 is 2.59 bits per heavy atom. The average Bonchev–Trinajstić information content (AvgIpc) is 2.31. The lowest BCUT2D eigenvalue weighted by Gasteiger charge is -2.32. The molecule has 0 saturated carbocycles. The second-order valence-electron chi connectivity index (χ2n) is 4.02. The Labute approximate surface area is 101 Å². The van der Waals surface area contributed by atoms with Crippen LogP contribution >= 0.6 is 0 Å². The van der Waals surface area contributed by atoms with Crippen LogP contribution in [0.4, 0.5) is 0 Å². The van der Waals surface area contributed by atoms with Crippen LogP contribution in [-0.2, 0) is 14.4 Å². The third-order valence-corrected chi connectivity index (χ3v) is 2.92. The van der Waals surface area contributed by atoms with Crippen molar-refractivity contribution in [3.63, 3.8) is 0 Å². The molecule has 17 heavy (non-hydrogen) atoms. The van der Waals surface area contributed by atoms with Crippen molar-refractivity contribution in [1.82, 2.24) is 10.2 Å². The summed E-state index contributed by atoms with van der Waals surface area (Å²) in [4.78, 5) is 36.2. The molecule has 0 aromatic carbocycles. The topological polar surface area (TPSA) is 66.5 Å². The Hall–Kier alpha value is -1.65. The Balaban J connectivity index is 2.80. The fraction of sp³-hybridized carbons (Fsp3) is 0.583. The SMILES string of the molecule is C=C(CC)C(=O)N(CC)C1CCC(=O)NC1=O. The number of rotatable bonds is 4. The number of carbonyl (C=O) groups excluding carboxylic acids is 3. The monoisotopic (exact) mass is 238 g/mol. The molecule has 5 heteroatoms. The predicted molar refractivity (Wildman–Crippen MR) is 63.0 cm³/mol. The van der Waals surface area contributed by atoms with E-state index in [1.807, 2.05) is 13.8 Å². The zero-order chi connectivity index (χ0) is 13.0. The molecule has 1 aliphatic heterocycles. The third kappa shape index (κ3) is 2.93. The van der Waals surface area contributed by atoms with Crippen molar-refractivity contribution in [2.24, 2.45) is 0 Å². The van der Waals surface area contributed by atoms with Crippen molar-refractivity contribution < 1.29 is 14.4 Å². The van der Waals surface area contributed by atoms with Gasteiger partial charge >= 0.3 is 0 Å². The van der Waals surface area contributed by atoms with E-state index >= 15 is 0 Å². The van der Waals surface area contributed by atoms with E-state index in [1.54, 1.807) is 0 Å². The van der Waals surface area contributed by atoms with Crippen molar-refractivity contribution in [2.45, 2.75) is 39.2 Å². The zero-order valence-corrected chi connectivity index (χ0v) is 10.3. The highest BCUT2D eigenvalue weighted by Gasteiger charge is 2.33. The number of piperidine rings is 1. The van der Waals surface area contributed by atoms with Crippen LogP contribution in [0.1, 0.15) is 33.1 Å². The van der Waals surface area contributed by atoms with Crippen LogP contribution in [0.25, 0.3) is 0 Å². The minimum atomic E-state index is -0.548. The molecule has 1 fully saturated rings. The summed E-state index contributed by atoms with van der Waals surface area (Å²) in [7, 11) is 0. The van der Waals surface area contributed by atoms with Gasteiger partial charge in [0, 0.05) is 18.5 Å². The van der Waals surface area contributed by atoms with E-state index in [-0.39, 0.29) is 24.1 Å². The number of carbonyl (C=O) groups is 3. The van der Waals surface area contributed by atoms with Gasteiger partial charge in [-0.3, -0.25) is 19.7 Å². The molecular weight excluding hydrogens is 220 g/mol. The van der Waals surface area contributed by atoms with Gasteiger partial charge < -0.3 is 4.90 Å². The van der Waals surface area contributed by atoms with Crippen molar-refractivity contribution >= 4 is 17.7 Å². The largest absolute Gasteiger partial charge is 0.327 e. The predicted octanol–water partition coefficient (Wildman–Crippen LogP) is 0.606. The molecule has 1 rings (SSSR count). The first-order chi connectivity index (χ1) is 8.01. The van der Waals surface area contributed by atoms with Gasteiger partial charge in [0.15, 0.2) is 0 Å². The molecule has 0 aromatic heterocycles. The van der Waals surface area contributed by atoms with Crippen molar-refractivity contribution in [2.75, 3.05) is 6.54 Å². The van der Waals surface area contributed by atoms with E-state index in [0.29, 0.717) is 25.0 Å². The summed E-state index contributed by atoms with van der Waals surface area (Å²) < 4.78 is 0. The van der Waals surface area contributed by atoms with E-state index in [4.69, 9.17) is 0 Å². The minimum absolute atomic E-state index is 0.204. The van der Waals surface area contributed by atoms with E-state index < -0.39 is 6.04 Å². The van der Waals surface area contributed by atoms with Crippen molar-refractivity contribution in [3.05, 3.63) is 12.2 Å². The Kier molecular flexibility index (Phi) is 4.43. The Morgan fingerprint density at radius 2 is 2.12 bits per heavy atom. The maximum Gasteiger partial charge on any atom is 0.249 e. The van der Waals surface area contributed by atoms with Gasteiger partial charge in [0.05, 0.1) is 0 Å². The van der Waals surface area contributed by atoms with Crippen LogP contribution in [0.15, 0.2) is 12.2 Å². The lowest BCUT2D eigenvalue weighted by atomic mass is 10.0. The van der Waals surface area contributed by atoms with E-state index in [9.17, 15) is 14.4 Å². The molecule has 0 aliphatic carbocycles. The van der Waals surface area contributed by atoms with Crippen molar-refractivity contribution in [3.8, 4) is 0 Å². The van der Waals surface area contributed by atoms with Crippen LogP contribution in [0.3, 0.4) is 0 Å². The Morgan fingerprint density at radius 1 is 1.47 bits per heavy atom. The molecule has 5 nitrogen and oxygen atoms in total. The maximum absolute atomic E-state index is 12.0. The molecule has 1 atom stereocenters. The number of nitrogens with one attached hydrogen (secondary N) is 1. The highest BCUT2D eigenvalue weighted by molar-refractivity contribution is 6.03. The number of imide groups is 1. The minimum Gasteiger partial charge on any atom is -0.327 e. The van der Waals surface area contributed by atoms with Gasteiger partial charge in [-0.1, -0.05) is 13.5 Å². The second kappa shape index (κ2) is 5.61. The molecule has 1 saturated heterocycles. The lowest BCUT2D eigenvalue weighted by Crippen LogP contribution is -2.54. The van der Waals surface area contributed by atoms with Gasteiger partial charge in [-0.15, -0.1) is 0 Å². The second-order valence-corrected chi connectivity index (χ2v) is 4.02. The van der Waals surface area contributed by atoms with E-state index in [1.165, 1.54) is 4.90 Å². The Bertz CT molecular complexity index is 363. The molecule has 1 aliphatic rings.